The lowest BCUT2D eigenvalue weighted by molar-refractivity contribution is -0.132. The van der Waals surface area contributed by atoms with Crippen LogP contribution in [0.25, 0.3) is 0 Å². The Bertz CT molecular complexity index is 596. The molecule has 30 heavy (non-hydrogen) atoms. The monoisotopic (exact) mass is 427 g/mol. The third kappa shape index (κ3) is 8.91. The minimum Gasteiger partial charge on any atom is -0.444 e. The second-order valence-electron chi connectivity index (χ2n) is 9.24. The van der Waals surface area contributed by atoms with Crippen LogP contribution in [0.5, 0.6) is 0 Å². The topological polar surface area (TPSA) is 137 Å². The van der Waals surface area contributed by atoms with Crippen molar-refractivity contribution in [2.45, 2.75) is 84.2 Å². The van der Waals surface area contributed by atoms with Gasteiger partial charge in [-0.15, -0.1) is 0 Å². The molecule has 172 valence electrons. The lowest BCUT2D eigenvalue weighted by atomic mass is 9.78. The average molecular weight is 427 g/mol. The van der Waals surface area contributed by atoms with Gasteiger partial charge in [-0.3, -0.25) is 9.59 Å². The Morgan fingerprint density at radius 2 is 1.77 bits per heavy atom. The van der Waals surface area contributed by atoms with Crippen molar-refractivity contribution in [3.63, 3.8) is 0 Å². The number of unbranched alkanes of at least 4 members (excludes halogenated alkanes) is 1. The van der Waals surface area contributed by atoms with Gasteiger partial charge in [-0.05, 0) is 58.2 Å². The zero-order valence-corrected chi connectivity index (χ0v) is 18.9. The van der Waals surface area contributed by atoms with E-state index in [-0.39, 0.29) is 36.5 Å². The summed E-state index contributed by atoms with van der Waals surface area (Å²) in [6.45, 7) is 9.52. The summed E-state index contributed by atoms with van der Waals surface area (Å²) in [5.74, 6) is -0.742. The second-order valence-corrected chi connectivity index (χ2v) is 9.24. The van der Waals surface area contributed by atoms with Gasteiger partial charge < -0.3 is 30.7 Å². The number of amides is 3. The van der Waals surface area contributed by atoms with E-state index in [9.17, 15) is 24.4 Å². The number of rotatable bonds is 10. The molecule has 1 saturated carbocycles. The van der Waals surface area contributed by atoms with E-state index in [1.54, 1.807) is 20.8 Å². The molecule has 0 aliphatic heterocycles. The lowest BCUT2D eigenvalue weighted by Crippen LogP contribution is -2.57. The minimum atomic E-state index is -1.45. The summed E-state index contributed by atoms with van der Waals surface area (Å²) in [5, 5.41) is 27.1. The first-order chi connectivity index (χ1) is 13.9. The first-order valence-corrected chi connectivity index (χ1v) is 10.8. The standard InChI is InChI=1S/C20H38BN3O6/c1-6-7-10-22-17(26)20(24-14(2)25)11-15(8-9-21(28)29)16(12-20)13-23-18(27)30-19(3,4)5/h15-16,28-29H,6-13H2,1-5H3,(H,22,26)(H,23,27)(H,24,25)/t15-,16?,20-/m0/s1. The molecule has 1 aliphatic carbocycles. The molecule has 0 radical (unpaired) electrons. The molecular formula is C20H38BN3O6. The summed E-state index contributed by atoms with van der Waals surface area (Å²) in [7, 11) is -1.45. The molecule has 0 spiro atoms. The second kappa shape index (κ2) is 11.5. The molecule has 1 aliphatic rings. The Morgan fingerprint density at radius 1 is 1.13 bits per heavy atom. The highest BCUT2D eigenvalue weighted by atomic mass is 16.6. The van der Waals surface area contributed by atoms with Crippen LogP contribution in [0.2, 0.25) is 6.32 Å². The van der Waals surface area contributed by atoms with Crippen LogP contribution < -0.4 is 16.0 Å². The highest BCUT2D eigenvalue weighted by Crippen LogP contribution is 2.42. The molecule has 5 N–H and O–H groups in total. The number of hydrogen-bond donors (Lipinski definition) is 5. The number of ether oxygens (including phenoxy) is 1. The van der Waals surface area contributed by atoms with Crippen molar-refractivity contribution >= 4 is 25.0 Å². The zero-order valence-electron chi connectivity index (χ0n) is 18.9. The van der Waals surface area contributed by atoms with Crippen LogP contribution in [0.1, 0.15) is 66.7 Å². The van der Waals surface area contributed by atoms with E-state index in [4.69, 9.17) is 4.74 Å². The van der Waals surface area contributed by atoms with Gasteiger partial charge in [-0.25, -0.2) is 4.79 Å². The van der Waals surface area contributed by atoms with Crippen molar-refractivity contribution in [2.75, 3.05) is 13.1 Å². The molecule has 0 aromatic carbocycles. The summed E-state index contributed by atoms with van der Waals surface area (Å²) in [6.07, 6.45) is 2.57. The number of hydrogen-bond acceptors (Lipinski definition) is 6. The van der Waals surface area contributed by atoms with Crippen molar-refractivity contribution in [3.05, 3.63) is 0 Å². The zero-order chi connectivity index (χ0) is 22.9. The molecule has 3 amide bonds. The maximum atomic E-state index is 13.0. The molecule has 1 rings (SSSR count). The third-order valence-corrected chi connectivity index (χ3v) is 5.26. The molecule has 3 atom stereocenters. The Kier molecular flexibility index (Phi) is 10.1. The fourth-order valence-corrected chi connectivity index (χ4v) is 4.01. The first kappa shape index (κ1) is 26.2. The third-order valence-electron chi connectivity index (χ3n) is 5.26. The van der Waals surface area contributed by atoms with Crippen molar-refractivity contribution in [3.8, 4) is 0 Å². The van der Waals surface area contributed by atoms with Crippen LogP contribution >= 0.6 is 0 Å². The molecule has 0 bridgehead atoms. The van der Waals surface area contributed by atoms with Crippen molar-refractivity contribution < 1.29 is 29.2 Å². The summed E-state index contributed by atoms with van der Waals surface area (Å²) >= 11 is 0. The Balaban J connectivity index is 2.95. The molecule has 9 nitrogen and oxygen atoms in total. The van der Waals surface area contributed by atoms with Gasteiger partial charge in [-0.1, -0.05) is 19.8 Å². The van der Waals surface area contributed by atoms with Crippen LogP contribution in [-0.4, -0.2) is 59.3 Å². The fraction of sp³-hybridized carbons (Fsp3) is 0.850. The molecule has 0 heterocycles. The minimum absolute atomic E-state index is 0.0782. The van der Waals surface area contributed by atoms with Crippen LogP contribution in [0.4, 0.5) is 4.79 Å². The molecule has 1 fully saturated rings. The van der Waals surface area contributed by atoms with E-state index in [0.717, 1.165) is 12.8 Å². The Hall–Kier alpha value is -1.81. The fourth-order valence-electron chi connectivity index (χ4n) is 4.01. The highest BCUT2D eigenvalue weighted by Gasteiger charge is 2.50. The number of nitrogens with one attached hydrogen (secondary N) is 3. The van der Waals surface area contributed by atoms with E-state index in [2.05, 4.69) is 16.0 Å². The molecular weight excluding hydrogens is 389 g/mol. The predicted octanol–water partition coefficient (Wildman–Crippen LogP) is 1.19. The summed E-state index contributed by atoms with van der Waals surface area (Å²) in [4.78, 5) is 36.9. The molecule has 0 aromatic rings. The maximum Gasteiger partial charge on any atom is 0.451 e. The first-order valence-electron chi connectivity index (χ1n) is 10.8. The van der Waals surface area contributed by atoms with Crippen molar-refractivity contribution in [1.82, 2.24) is 16.0 Å². The van der Waals surface area contributed by atoms with Gasteiger partial charge in [0.15, 0.2) is 0 Å². The van der Waals surface area contributed by atoms with Crippen LogP contribution in [0.3, 0.4) is 0 Å². The Labute approximate surface area is 179 Å². The van der Waals surface area contributed by atoms with E-state index >= 15 is 0 Å². The van der Waals surface area contributed by atoms with Crippen LogP contribution in [0.15, 0.2) is 0 Å². The number of carbonyl (C=O) groups excluding carboxylic acids is 3. The molecule has 0 saturated heterocycles. The predicted molar refractivity (Wildman–Crippen MR) is 115 cm³/mol. The van der Waals surface area contributed by atoms with Gasteiger partial charge in [0.05, 0.1) is 0 Å². The van der Waals surface area contributed by atoms with Gasteiger partial charge in [0.1, 0.15) is 11.1 Å². The van der Waals surface area contributed by atoms with Gasteiger partial charge in [0.2, 0.25) is 11.8 Å². The Morgan fingerprint density at radius 3 is 2.30 bits per heavy atom. The van der Waals surface area contributed by atoms with E-state index < -0.39 is 24.4 Å². The van der Waals surface area contributed by atoms with Gasteiger partial charge in [-0.2, -0.15) is 0 Å². The molecule has 0 aromatic heterocycles. The quantitative estimate of drug-likeness (QED) is 0.262. The summed E-state index contributed by atoms with van der Waals surface area (Å²) in [6, 6.07) is 0. The van der Waals surface area contributed by atoms with Gasteiger partial charge in [0.25, 0.3) is 0 Å². The maximum absolute atomic E-state index is 13.0. The van der Waals surface area contributed by atoms with E-state index in [0.29, 0.717) is 25.8 Å². The molecule has 10 heteroatoms. The van der Waals surface area contributed by atoms with E-state index in [1.165, 1.54) is 6.92 Å². The average Bonchev–Trinajstić information content (AvgIpc) is 2.95. The van der Waals surface area contributed by atoms with Gasteiger partial charge in [0, 0.05) is 20.0 Å². The number of carbonyl (C=O) groups is 3. The smallest absolute Gasteiger partial charge is 0.444 e. The number of alkyl carbamates (subject to hydrolysis) is 1. The SMILES string of the molecule is CCCCNC(=O)[C@@]1(NC(C)=O)CC(CNC(=O)OC(C)(C)C)[C@@H](CCB(O)O)C1. The van der Waals surface area contributed by atoms with Gasteiger partial charge >= 0.3 is 13.2 Å². The van der Waals surface area contributed by atoms with Crippen molar-refractivity contribution in [2.24, 2.45) is 11.8 Å². The van der Waals surface area contributed by atoms with E-state index in [1.807, 2.05) is 6.92 Å². The lowest BCUT2D eigenvalue weighted by Gasteiger charge is -2.29. The largest absolute Gasteiger partial charge is 0.451 e. The van der Waals surface area contributed by atoms with Crippen LogP contribution in [-0.2, 0) is 14.3 Å². The molecule has 1 unspecified atom stereocenters. The highest BCUT2D eigenvalue weighted by molar-refractivity contribution is 6.40. The van der Waals surface area contributed by atoms with Crippen molar-refractivity contribution in [1.29, 1.82) is 0 Å². The van der Waals surface area contributed by atoms with Crippen LogP contribution in [0, 0.1) is 11.8 Å². The summed E-state index contributed by atoms with van der Waals surface area (Å²) in [5.41, 5.74) is -1.70. The normalized spacial score (nSPS) is 23.6. The summed E-state index contributed by atoms with van der Waals surface area (Å²) < 4.78 is 5.28.